The number of phenolic OH excluding ortho intramolecular Hbond substituents is 1. The van der Waals surface area contributed by atoms with E-state index in [2.05, 4.69) is 5.32 Å². The van der Waals surface area contributed by atoms with E-state index in [-0.39, 0.29) is 5.82 Å². The molecule has 3 heteroatoms. The van der Waals surface area contributed by atoms with Crippen LogP contribution in [0.4, 0.5) is 4.39 Å². The lowest BCUT2D eigenvalue weighted by molar-refractivity contribution is 0.464. The number of phenols is 1. The SMILES string of the molecule is Cc1ccc(O)c(CNCc2cc(C)c(F)c(C)c2)c1. The number of aromatic hydroxyl groups is 1. The van der Waals surface area contributed by atoms with Crippen molar-refractivity contribution in [2.75, 3.05) is 0 Å². The average molecular weight is 273 g/mol. The van der Waals surface area contributed by atoms with E-state index in [9.17, 15) is 9.50 Å². The Morgan fingerprint density at radius 1 is 1.00 bits per heavy atom. The second-order valence-electron chi connectivity index (χ2n) is 5.28. The number of hydrogen-bond acceptors (Lipinski definition) is 2. The molecule has 0 aromatic heterocycles. The zero-order chi connectivity index (χ0) is 14.7. The Kier molecular flexibility index (Phi) is 4.40. The minimum atomic E-state index is -0.134. The summed E-state index contributed by atoms with van der Waals surface area (Å²) in [6, 6.07) is 9.25. The summed E-state index contributed by atoms with van der Waals surface area (Å²) in [6.07, 6.45) is 0. The molecule has 0 spiro atoms. The molecular formula is C17H20FNO. The van der Waals surface area contributed by atoms with Gasteiger partial charge in [0.05, 0.1) is 0 Å². The highest BCUT2D eigenvalue weighted by Gasteiger charge is 2.05. The molecule has 0 aliphatic heterocycles. The van der Waals surface area contributed by atoms with Crippen LogP contribution in [0.1, 0.15) is 27.8 Å². The van der Waals surface area contributed by atoms with Crippen LogP contribution in [-0.4, -0.2) is 5.11 Å². The predicted molar refractivity (Wildman–Crippen MR) is 79.3 cm³/mol. The number of nitrogens with one attached hydrogen (secondary N) is 1. The van der Waals surface area contributed by atoms with Gasteiger partial charge in [-0.25, -0.2) is 4.39 Å². The number of hydrogen-bond donors (Lipinski definition) is 2. The summed E-state index contributed by atoms with van der Waals surface area (Å²) in [7, 11) is 0. The molecule has 106 valence electrons. The first-order valence-electron chi connectivity index (χ1n) is 6.72. The monoisotopic (exact) mass is 273 g/mol. The van der Waals surface area contributed by atoms with E-state index in [4.69, 9.17) is 0 Å². The first-order valence-corrected chi connectivity index (χ1v) is 6.72. The van der Waals surface area contributed by atoms with Gasteiger partial charge in [-0.1, -0.05) is 29.8 Å². The van der Waals surface area contributed by atoms with Crippen molar-refractivity contribution in [3.63, 3.8) is 0 Å². The van der Waals surface area contributed by atoms with Crippen LogP contribution in [-0.2, 0) is 13.1 Å². The van der Waals surface area contributed by atoms with Crippen molar-refractivity contribution in [2.24, 2.45) is 0 Å². The van der Waals surface area contributed by atoms with E-state index in [1.54, 1.807) is 19.9 Å². The van der Waals surface area contributed by atoms with Gasteiger partial charge in [0, 0.05) is 18.7 Å². The molecule has 20 heavy (non-hydrogen) atoms. The lowest BCUT2D eigenvalue weighted by Gasteiger charge is -2.10. The number of benzene rings is 2. The maximum atomic E-state index is 13.5. The number of halogens is 1. The molecule has 0 saturated heterocycles. The molecule has 0 saturated carbocycles. The molecule has 0 fully saturated rings. The minimum Gasteiger partial charge on any atom is -0.508 e. The minimum absolute atomic E-state index is 0.134. The van der Waals surface area contributed by atoms with Crippen molar-refractivity contribution in [3.8, 4) is 5.75 Å². The van der Waals surface area contributed by atoms with Gasteiger partial charge in [-0.15, -0.1) is 0 Å². The third-order valence-corrected chi connectivity index (χ3v) is 3.38. The van der Waals surface area contributed by atoms with Crippen LogP contribution < -0.4 is 5.32 Å². The van der Waals surface area contributed by atoms with Crippen molar-refractivity contribution in [2.45, 2.75) is 33.9 Å². The predicted octanol–water partition coefficient (Wildman–Crippen LogP) is 3.75. The topological polar surface area (TPSA) is 32.3 Å². The number of aryl methyl sites for hydroxylation is 3. The van der Waals surface area contributed by atoms with Gasteiger partial charge in [0.25, 0.3) is 0 Å². The van der Waals surface area contributed by atoms with Crippen molar-refractivity contribution in [1.82, 2.24) is 5.32 Å². The van der Waals surface area contributed by atoms with Crippen molar-refractivity contribution in [3.05, 3.63) is 64.0 Å². The van der Waals surface area contributed by atoms with Crippen LogP contribution in [0.3, 0.4) is 0 Å². The normalized spacial score (nSPS) is 10.8. The third kappa shape index (κ3) is 3.36. The molecule has 0 aliphatic carbocycles. The smallest absolute Gasteiger partial charge is 0.129 e. The molecule has 2 aromatic carbocycles. The molecule has 0 aliphatic rings. The summed E-state index contributed by atoms with van der Waals surface area (Å²) in [4.78, 5) is 0. The standard InChI is InChI=1S/C17H20FNO/c1-11-4-5-16(20)15(6-11)10-19-9-14-7-12(2)17(18)13(3)8-14/h4-8,19-20H,9-10H2,1-3H3. The quantitative estimate of drug-likeness (QED) is 0.889. The van der Waals surface area contributed by atoms with Gasteiger partial charge in [0.1, 0.15) is 11.6 Å². The average Bonchev–Trinajstić information content (AvgIpc) is 2.40. The fourth-order valence-electron chi connectivity index (χ4n) is 2.34. The maximum Gasteiger partial charge on any atom is 0.129 e. The summed E-state index contributed by atoms with van der Waals surface area (Å²) < 4.78 is 13.5. The van der Waals surface area contributed by atoms with Gasteiger partial charge in [0.15, 0.2) is 0 Å². The number of rotatable bonds is 4. The Labute approximate surface area is 119 Å². The van der Waals surface area contributed by atoms with Gasteiger partial charge in [-0.3, -0.25) is 0 Å². The zero-order valence-electron chi connectivity index (χ0n) is 12.1. The summed E-state index contributed by atoms with van der Waals surface area (Å²) in [5.41, 5.74) is 4.38. The molecule has 0 heterocycles. The second kappa shape index (κ2) is 6.06. The van der Waals surface area contributed by atoms with Crippen LogP contribution in [0, 0.1) is 26.6 Å². The molecular weight excluding hydrogens is 253 g/mol. The third-order valence-electron chi connectivity index (χ3n) is 3.38. The van der Waals surface area contributed by atoms with E-state index in [0.29, 0.717) is 30.0 Å². The van der Waals surface area contributed by atoms with Crippen LogP contribution in [0.5, 0.6) is 5.75 Å². The Balaban J connectivity index is 2.01. The van der Waals surface area contributed by atoms with Crippen LogP contribution in [0.2, 0.25) is 0 Å². The highest BCUT2D eigenvalue weighted by molar-refractivity contribution is 5.35. The molecule has 2 rings (SSSR count). The van der Waals surface area contributed by atoms with E-state index in [0.717, 1.165) is 16.7 Å². The van der Waals surface area contributed by atoms with Crippen LogP contribution >= 0.6 is 0 Å². The first-order chi connectivity index (χ1) is 9.47. The van der Waals surface area contributed by atoms with Crippen molar-refractivity contribution in [1.29, 1.82) is 0 Å². The van der Waals surface area contributed by atoms with Gasteiger partial charge in [0.2, 0.25) is 0 Å². The zero-order valence-corrected chi connectivity index (χ0v) is 12.1. The van der Waals surface area contributed by atoms with Gasteiger partial charge >= 0.3 is 0 Å². The summed E-state index contributed by atoms with van der Waals surface area (Å²) in [6.45, 7) is 6.78. The largest absolute Gasteiger partial charge is 0.508 e. The molecule has 0 atom stereocenters. The van der Waals surface area contributed by atoms with Crippen LogP contribution in [0.15, 0.2) is 30.3 Å². The molecule has 0 amide bonds. The summed E-state index contributed by atoms with van der Waals surface area (Å²) >= 11 is 0. The van der Waals surface area contributed by atoms with E-state index in [1.165, 1.54) is 0 Å². The van der Waals surface area contributed by atoms with Crippen molar-refractivity contribution < 1.29 is 9.50 Å². The Bertz CT molecular complexity index is 599. The summed E-state index contributed by atoms with van der Waals surface area (Å²) in [5.74, 6) is 0.166. The first kappa shape index (κ1) is 14.5. The Hall–Kier alpha value is -1.87. The van der Waals surface area contributed by atoms with E-state index in [1.807, 2.05) is 31.2 Å². The highest BCUT2D eigenvalue weighted by atomic mass is 19.1. The van der Waals surface area contributed by atoms with Crippen molar-refractivity contribution >= 4 is 0 Å². The summed E-state index contributed by atoms with van der Waals surface area (Å²) in [5, 5.41) is 13.0. The van der Waals surface area contributed by atoms with E-state index < -0.39 is 0 Å². The molecule has 2 aromatic rings. The fraction of sp³-hybridized carbons (Fsp3) is 0.294. The lowest BCUT2D eigenvalue weighted by Crippen LogP contribution is -2.13. The van der Waals surface area contributed by atoms with E-state index >= 15 is 0 Å². The fourth-order valence-corrected chi connectivity index (χ4v) is 2.34. The molecule has 0 bridgehead atoms. The second-order valence-corrected chi connectivity index (χ2v) is 5.28. The highest BCUT2D eigenvalue weighted by Crippen LogP contribution is 2.18. The molecule has 0 radical (unpaired) electrons. The van der Waals surface area contributed by atoms with Gasteiger partial charge in [-0.2, -0.15) is 0 Å². The van der Waals surface area contributed by atoms with Crippen LogP contribution in [0.25, 0.3) is 0 Å². The Morgan fingerprint density at radius 3 is 2.30 bits per heavy atom. The molecule has 0 unspecified atom stereocenters. The molecule has 2 nitrogen and oxygen atoms in total. The lowest BCUT2D eigenvalue weighted by atomic mass is 10.1. The Morgan fingerprint density at radius 2 is 1.65 bits per heavy atom. The maximum absolute atomic E-state index is 13.5. The molecule has 2 N–H and O–H groups in total. The van der Waals surface area contributed by atoms with Gasteiger partial charge < -0.3 is 10.4 Å². The van der Waals surface area contributed by atoms with Gasteiger partial charge in [-0.05, 0) is 43.5 Å².